The molecule has 25 heavy (non-hydrogen) atoms. The largest absolute Gasteiger partial charge is 0.487 e. The van der Waals surface area contributed by atoms with Crippen LogP contribution in [0.25, 0.3) is 0 Å². The van der Waals surface area contributed by atoms with Crippen LogP contribution in [0.5, 0.6) is 17.2 Å². The minimum absolute atomic E-state index is 0.0966. The Bertz CT molecular complexity index is 815. The number of fused-ring (bicyclic) bond motifs is 2. The third-order valence-electron chi connectivity index (χ3n) is 4.49. The third-order valence-corrected chi connectivity index (χ3v) is 4.49. The number of benzene rings is 2. The summed E-state index contributed by atoms with van der Waals surface area (Å²) in [7, 11) is 0. The zero-order valence-electron chi connectivity index (χ0n) is 14.4. The molecule has 0 aromatic heterocycles. The monoisotopic (exact) mass is 339 g/mol. The van der Waals surface area contributed by atoms with Gasteiger partial charge >= 0.3 is 0 Å². The van der Waals surface area contributed by atoms with Crippen LogP contribution in [-0.2, 0) is 0 Å². The van der Waals surface area contributed by atoms with E-state index in [4.69, 9.17) is 14.2 Å². The van der Waals surface area contributed by atoms with E-state index in [0.717, 1.165) is 11.3 Å². The lowest BCUT2D eigenvalue weighted by Crippen LogP contribution is -2.41. The molecule has 2 aliphatic rings. The highest BCUT2D eigenvalue weighted by atomic mass is 16.6. The van der Waals surface area contributed by atoms with Crippen LogP contribution in [0.3, 0.4) is 0 Å². The van der Waals surface area contributed by atoms with Gasteiger partial charge in [0.15, 0.2) is 11.5 Å². The van der Waals surface area contributed by atoms with Gasteiger partial charge in [-0.25, -0.2) is 0 Å². The van der Waals surface area contributed by atoms with Crippen molar-refractivity contribution in [2.75, 3.05) is 13.2 Å². The topological polar surface area (TPSA) is 56.8 Å². The van der Waals surface area contributed by atoms with Crippen LogP contribution >= 0.6 is 0 Å². The van der Waals surface area contributed by atoms with Gasteiger partial charge in [-0.1, -0.05) is 18.2 Å². The van der Waals surface area contributed by atoms with Crippen molar-refractivity contribution in [3.8, 4) is 17.2 Å². The molecule has 0 radical (unpaired) electrons. The molecule has 2 aromatic carbocycles. The molecule has 130 valence electrons. The Labute approximate surface area is 146 Å². The van der Waals surface area contributed by atoms with Crippen molar-refractivity contribution in [2.45, 2.75) is 31.9 Å². The second-order valence-corrected chi connectivity index (χ2v) is 6.99. The summed E-state index contributed by atoms with van der Waals surface area (Å²) in [5.41, 5.74) is 1.23. The maximum atomic E-state index is 12.8. The molecule has 0 fully saturated rings. The molecular weight excluding hydrogens is 318 g/mol. The fourth-order valence-electron chi connectivity index (χ4n) is 3.36. The highest BCUT2D eigenvalue weighted by Crippen LogP contribution is 2.39. The number of hydrogen-bond acceptors (Lipinski definition) is 4. The lowest BCUT2D eigenvalue weighted by Gasteiger charge is -2.37. The summed E-state index contributed by atoms with van der Waals surface area (Å²) in [4.78, 5) is 12.8. The Morgan fingerprint density at radius 2 is 1.80 bits per heavy atom. The maximum Gasteiger partial charge on any atom is 0.251 e. The van der Waals surface area contributed by atoms with Gasteiger partial charge in [-0.3, -0.25) is 4.79 Å². The Morgan fingerprint density at radius 3 is 2.64 bits per heavy atom. The van der Waals surface area contributed by atoms with E-state index >= 15 is 0 Å². The minimum atomic E-state index is -0.334. The summed E-state index contributed by atoms with van der Waals surface area (Å²) >= 11 is 0. The van der Waals surface area contributed by atoms with Crippen LogP contribution in [0.1, 0.15) is 42.2 Å². The molecule has 4 rings (SSSR count). The Morgan fingerprint density at radius 1 is 1.04 bits per heavy atom. The van der Waals surface area contributed by atoms with Gasteiger partial charge in [0, 0.05) is 17.5 Å². The molecular formula is C20H21NO4. The van der Waals surface area contributed by atoms with E-state index in [-0.39, 0.29) is 17.6 Å². The van der Waals surface area contributed by atoms with Gasteiger partial charge in [-0.15, -0.1) is 0 Å². The van der Waals surface area contributed by atoms with Crippen LogP contribution in [0, 0.1) is 0 Å². The van der Waals surface area contributed by atoms with E-state index in [1.54, 1.807) is 18.2 Å². The molecule has 0 unspecified atom stereocenters. The predicted octanol–water partition coefficient (Wildman–Crippen LogP) is 3.49. The molecule has 0 saturated carbocycles. The first kappa shape index (κ1) is 15.8. The molecule has 2 heterocycles. The molecule has 2 aliphatic heterocycles. The fourth-order valence-corrected chi connectivity index (χ4v) is 3.36. The average Bonchev–Trinajstić information content (AvgIpc) is 2.60. The first-order valence-corrected chi connectivity index (χ1v) is 8.50. The number of carbonyl (C=O) groups is 1. The molecule has 5 heteroatoms. The van der Waals surface area contributed by atoms with Gasteiger partial charge in [0.1, 0.15) is 24.6 Å². The molecule has 2 aromatic rings. The highest BCUT2D eigenvalue weighted by Gasteiger charge is 2.34. The lowest BCUT2D eigenvalue weighted by molar-refractivity contribution is 0.0619. The zero-order valence-corrected chi connectivity index (χ0v) is 14.4. The SMILES string of the molecule is CC1(C)C[C@H](NC(=O)c2ccc3c(c2)OCCO3)c2ccccc2O1. The quantitative estimate of drug-likeness (QED) is 0.910. The third kappa shape index (κ3) is 3.14. The normalized spacial score (nSPS) is 20.2. The van der Waals surface area contributed by atoms with Crippen LogP contribution in [0.15, 0.2) is 42.5 Å². The van der Waals surface area contributed by atoms with Crippen molar-refractivity contribution >= 4 is 5.91 Å². The standard InChI is InChI=1S/C20H21NO4/c1-20(2)12-15(14-5-3-4-6-16(14)25-20)21-19(22)13-7-8-17-18(11-13)24-10-9-23-17/h3-8,11,15H,9-10,12H2,1-2H3,(H,21,22)/t15-/m0/s1. The predicted molar refractivity (Wildman–Crippen MR) is 93.4 cm³/mol. The number of hydrogen-bond donors (Lipinski definition) is 1. The van der Waals surface area contributed by atoms with E-state index in [9.17, 15) is 4.79 Å². The molecule has 1 amide bonds. The second-order valence-electron chi connectivity index (χ2n) is 6.99. The van der Waals surface area contributed by atoms with E-state index in [0.29, 0.717) is 36.7 Å². The Balaban J connectivity index is 1.58. The van der Waals surface area contributed by atoms with Crippen LogP contribution < -0.4 is 19.5 Å². The number of amides is 1. The Hall–Kier alpha value is -2.69. The lowest BCUT2D eigenvalue weighted by atomic mass is 9.89. The summed E-state index contributed by atoms with van der Waals surface area (Å²) in [5, 5.41) is 3.14. The fraction of sp³-hybridized carbons (Fsp3) is 0.350. The summed E-state index contributed by atoms with van der Waals surface area (Å²) < 4.78 is 17.1. The van der Waals surface area contributed by atoms with Crippen molar-refractivity contribution in [2.24, 2.45) is 0 Å². The van der Waals surface area contributed by atoms with Gasteiger partial charge in [-0.05, 0) is 38.1 Å². The van der Waals surface area contributed by atoms with Crippen molar-refractivity contribution in [1.82, 2.24) is 5.32 Å². The van der Waals surface area contributed by atoms with Gasteiger partial charge in [0.25, 0.3) is 5.91 Å². The van der Waals surface area contributed by atoms with Crippen LogP contribution in [0.2, 0.25) is 0 Å². The van der Waals surface area contributed by atoms with Crippen molar-refractivity contribution in [3.63, 3.8) is 0 Å². The smallest absolute Gasteiger partial charge is 0.251 e. The zero-order chi connectivity index (χ0) is 17.4. The second kappa shape index (κ2) is 5.99. The van der Waals surface area contributed by atoms with Gasteiger partial charge < -0.3 is 19.5 Å². The van der Waals surface area contributed by atoms with E-state index in [1.807, 2.05) is 38.1 Å². The van der Waals surface area contributed by atoms with Gasteiger partial charge in [0.2, 0.25) is 0 Å². The van der Waals surface area contributed by atoms with E-state index < -0.39 is 0 Å². The Kier molecular flexibility index (Phi) is 3.79. The van der Waals surface area contributed by atoms with Crippen LogP contribution in [-0.4, -0.2) is 24.7 Å². The first-order valence-electron chi connectivity index (χ1n) is 8.50. The maximum absolute atomic E-state index is 12.8. The number of rotatable bonds is 2. The van der Waals surface area contributed by atoms with Gasteiger partial charge in [-0.2, -0.15) is 0 Å². The number of ether oxygens (including phenoxy) is 3. The summed E-state index contributed by atoms with van der Waals surface area (Å²) in [6.07, 6.45) is 0.709. The highest BCUT2D eigenvalue weighted by molar-refractivity contribution is 5.95. The van der Waals surface area contributed by atoms with E-state index in [1.165, 1.54) is 0 Å². The average molecular weight is 339 g/mol. The number of para-hydroxylation sites is 1. The molecule has 1 atom stereocenters. The van der Waals surface area contributed by atoms with Crippen molar-refractivity contribution < 1.29 is 19.0 Å². The minimum Gasteiger partial charge on any atom is -0.487 e. The van der Waals surface area contributed by atoms with Crippen molar-refractivity contribution in [1.29, 1.82) is 0 Å². The van der Waals surface area contributed by atoms with Crippen LogP contribution in [0.4, 0.5) is 0 Å². The summed E-state index contributed by atoms with van der Waals surface area (Å²) in [5.74, 6) is 1.99. The molecule has 0 spiro atoms. The molecule has 1 N–H and O–H groups in total. The molecule has 0 bridgehead atoms. The van der Waals surface area contributed by atoms with Crippen molar-refractivity contribution in [3.05, 3.63) is 53.6 Å². The van der Waals surface area contributed by atoms with E-state index in [2.05, 4.69) is 5.32 Å². The molecule has 0 saturated heterocycles. The summed E-state index contributed by atoms with van der Waals surface area (Å²) in [6.45, 7) is 5.10. The summed E-state index contributed by atoms with van der Waals surface area (Å²) in [6, 6.07) is 13.0. The molecule has 0 aliphatic carbocycles. The number of nitrogens with one attached hydrogen (secondary N) is 1. The first-order chi connectivity index (χ1) is 12.0. The molecule has 5 nitrogen and oxygen atoms in total. The number of carbonyl (C=O) groups excluding carboxylic acids is 1. The van der Waals surface area contributed by atoms with Gasteiger partial charge in [0.05, 0.1) is 6.04 Å².